The van der Waals surface area contributed by atoms with Crippen molar-refractivity contribution in [2.75, 3.05) is 35.0 Å². The second-order valence-electron chi connectivity index (χ2n) is 5.32. The largest absolute Gasteiger partial charge is 0.500 e. The van der Waals surface area contributed by atoms with Gasteiger partial charge in [-0.1, -0.05) is 12.6 Å². The molecule has 0 aliphatic heterocycles. The molecule has 1 atom stereocenters. The van der Waals surface area contributed by atoms with E-state index >= 15 is 0 Å². The van der Waals surface area contributed by atoms with Gasteiger partial charge >= 0.3 is 18.1 Å². The van der Waals surface area contributed by atoms with Crippen LogP contribution in [-0.2, 0) is 22.1 Å². The van der Waals surface area contributed by atoms with Crippen molar-refractivity contribution in [2.45, 2.75) is 37.6 Å². The Balaban J connectivity index is 4.61. The monoisotopic (exact) mass is 352 g/mol. The van der Waals surface area contributed by atoms with Gasteiger partial charge in [0.2, 0.25) is 0 Å². The van der Waals surface area contributed by atoms with E-state index in [9.17, 15) is 0 Å². The minimum absolute atomic E-state index is 0.614. The summed E-state index contributed by atoms with van der Waals surface area (Å²) in [4.78, 5) is 0. The van der Waals surface area contributed by atoms with Gasteiger partial charge in [-0.3, -0.25) is 0 Å². The summed E-state index contributed by atoms with van der Waals surface area (Å²) < 4.78 is 27.7. The Kier molecular flexibility index (Phi) is 10.9. The Labute approximate surface area is 133 Å². The Hall–Kier alpha value is 0.191. The Morgan fingerprint density at radius 3 is 1.95 bits per heavy atom. The van der Waals surface area contributed by atoms with E-state index < -0.39 is 26.2 Å². The molecule has 0 aromatic heterocycles. The summed E-state index contributed by atoms with van der Waals surface area (Å²) in [5.74, 6) is 0. The smallest absolute Gasteiger partial charge is 0.400 e. The maximum absolute atomic E-state index is 5.78. The van der Waals surface area contributed by atoms with Crippen molar-refractivity contribution < 1.29 is 22.1 Å². The molecule has 0 spiro atoms. The van der Waals surface area contributed by atoms with Gasteiger partial charge in [0.05, 0.1) is 8.07 Å². The van der Waals surface area contributed by atoms with Crippen molar-refractivity contribution in [3.8, 4) is 0 Å². The first-order valence-electron chi connectivity index (χ1n) is 7.38. The molecule has 1 unspecified atom stereocenters. The highest BCUT2D eigenvalue weighted by atomic mass is 28.4. The van der Waals surface area contributed by atoms with Crippen LogP contribution >= 0.6 is 0 Å². The SMILES string of the molecule is C=C[Si](C)(CC[SiH](OC)OC)CC[Si](OC)(OC)OCC. The lowest BCUT2D eigenvalue weighted by atomic mass is 10.9. The zero-order valence-corrected chi connectivity index (χ0v) is 17.6. The summed E-state index contributed by atoms with van der Waals surface area (Å²) >= 11 is 0. The molecule has 0 rings (SSSR count). The zero-order valence-electron chi connectivity index (χ0n) is 14.4. The normalized spacial score (nSPS) is 15.2. The second kappa shape index (κ2) is 10.8. The summed E-state index contributed by atoms with van der Waals surface area (Å²) in [7, 11) is 1.26. The molecule has 0 aliphatic rings. The van der Waals surface area contributed by atoms with Crippen molar-refractivity contribution in [3.63, 3.8) is 0 Å². The van der Waals surface area contributed by atoms with E-state index in [1.54, 1.807) is 28.4 Å². The first-order valence-corrected chi connectivity index (χ1v) is 14.1. The van der Waals surface area contributed by atoms with Crippen LogP contribution in [0.4, 0.5) is 0 Å². The standard InChI is InChI=1S/C13H32O5Si3/c1-8-18-21(16-5,17-6)13-12-20(7,9-2)11-10-19(14-3)15-4/h9,19H,2,8,10-13H2,1,3-7H3. The van der Waals surface area contributed by atoms with Gasteiger partial charge in [0.25, 0.3) is 0 Å². The molecule has 21 heavy (non-hydrogen) atoms. The van der Waals surface area contributed by atoms with E-state index in [2.05, 4.69) is 18.8 Å². The van der Waals surface area contributed by atoms with Crippen LogP contribution in [0.5, 0.6) is 0 Å². The predicted octanol–water partition coefficient (Wildman–Crippen LogP) is 2.57. The molecule has 0 bridgehead atoms. The summed E-state index contributed by atoms with van der Waals surface area (Å²) in [5.41, 5.74) is 2.15. The Morgan fingerprint density at radius 1 is 1.00 bits per heavy atom. The fraction of sp³-hybridized carbons (Fsp3) is 0.846. The molecule has 0 aromatic rings. The lowest BCUT2D eigenvalue weighted by Gasteiger charge is -2.30. The minimum atomic E-state index is -2.51. The van der Waals surface area contributed by atoms with Crippen molar-refractivity contribution >= 4 is 26.2 Å². The summed E-state index contributed by atoms with van der Waals surface area (Å²) in [6, 6.07) is 4.04. The number of rotatable bonds is 13. The van der Waals surface area contributed by atoms with E-state index in [0.717, 1.165) is 24.2 Å². The second-order valence-corrected chi connectivity index (χ2v) is 15.4. The molecule has 0 fully saturated rings. The van der Waals surface area contributed by atoms with Gasteiger partial charge in [-0.15, -0.1) is 12.3 Å². The molecule has 0 saturated carbocycles. The van der Waals surface area contributed by atoms with Gasteiger partial charge in [-0.2, -0.15) is 0 Å². The van der Waals surface area contributed by atoms with Crippen LogP contribution in [0.25, 0.3) is 0 Å². The molecule has 0 aromatic carbocycles. The molecule has 0 amide bonds. The predicted molar refractivity (Wildman–Crippen MR) is 93.6 cm³/mol. The van der Waals surface area contributed by atoms with Crippen molar-refractivity contribution in [3.05, 3.63) is 12.3 Å². The molecular weight excluding hydrogens is 320 g/mol. The van der Waals surface area contributed by atoms with Gasteiger partial charge in [-0.25, -0.2) is 0 Å². The summed E-state index contributed by atoms with van der Waals surface area (Å²) in [6.45, 7) is 8.97. The highest BCUT2D eigenvalue weighted by molar-refractivity contribution is 6.85. The van der Waals surface area contributed by atoms with Crippen molar-refractivity contribution in [1.82, 2.24) is 0 Å². The van der Waals surface area contributed by atoms with Gasteiger partial charge in [0.1, 0.15) is 0 Å². The lowest BCUT2D eigenvalue weighted by molar-refractivity contribution is 0.105. The first-order chi connectivity index (χ1) is 9.94. The zero-order chi connectivity index (χ0) is 16.4. The van der Waals surface area contributed by atoms with Gasteiger partial charge < -0.3 is 22.1 Å². The van der Waals surface area contributed by atoms with Crippen molar-refractivity contribution in [1.29, 1.82) is 0 Å². The fourth-order valence-electron chi connectivity index (χ4n) is 2.24. The molecule has 0 aliphatic carbocycles. The van der Waals surface area contributed by atoms with Crippen LogP contribution in [0.2, 0.25) is 30.7 Å². The third-order valence-electron chi connectivity index (χ3n) is 3.96. The van der Waals surface area contributed by atoms with Crippen LogP contribution in [0.15, 0.2) is 12.3 Å². The van der Waals surface area contributed by atoms with E-state index in [1.165, 1.54) is 0 Å². The van der Waals surface area contributed by atoms with Crippen LogP contribution in [0.3, 0.4) is 0 Å². The molecule has 0 radical (unpaired) electrons. The van der Waals surface area contributed by atoms with Crippen LogP contribution < -0.4 is 0 Å². The third-order valence-corrected chi connectivity index (χ3v) is 13.5. The Bertz CT molecular complexity index is 285. The third kappa shape index (κ3) is 7.33. The first kappa shape index (κ1) is 21.2. The molecule has 0 saturated heterocycles. The van der Waals surface area contributed by atoms with Gasteiger partial charge in [-0.05, 0) is 19.0 Å². The van der Waals surface area contributed by atoms with Crippen LogP contribution in [-0.4, -0.2) is 61.2 Å². The molecular formula is C13H32O5Si3. The highest BCUT2D eigenvalue weighted by Crippen LogP contribution is 2.27. The Morgan fingerprint density at radius 2 is 1.57 bits per heavy atom. The maximum Gasteiger partial charge on any atom is 0.500 e. The molecule has 5 nitrogen and oxygen atoms in total. The van der Waals surface area contributed by atoms with E-state index in [4.69, 9.17) is 22.1 Å². The van der Waals surface area contributed by atoms with E-state index in [1.807, 2.05) is 6.92 Å². The quantitative estimate of drug-likeness (QED) is 0.477. The van der Waals surface area contributed by atoms with Gasteiger partial charge in [0.15, 0.2) is 0 Å². The average molecular weight is 353 g/mol. The summed E-state index contributed by atoms with van der Waals surface area (Å²) in [6.07, 6.45) is 0. The van der Waals surface area contributed by atoms with Gasteiger partial charge in [0, 0.05) is 41.1 Å². The topological polar surface area (TPSA) is 46.2 Å². The van der Waals surface area contributed by atoms with E-state index in [0.29, 0.717) is 6.61 Å². The average Bonchev–Trinajstić information content (AvgIpc) is 2.52. The molecule has 8 heteroatoms. The molecule has 126 valence electrons. The van der Waals surface area contributed by atoms with Crippen molar-refractivity contribution in [2.24, 2.45) is 0 Å². The number of hydrogen-bond acceptors (Lipinski definition) is 5. The fourth-order valence-corrected chi connectivity index (χ4v) is 12.1. The molecule has 0 heterocycles. The van der Waals surface area contributed by atoms with Crippen LogP contribution in [0.1, 0.15) is 6.92 Å². The summed E-state index contributed by atoms with van der Waals surface area (Å²) in [5, 5.41) is 0. The molecule has 0 N–H and O–H groups in total. The number of hydrogen-bond donors (Lipinski definition) is 0. The van der Waals surface area contributed by atoms with E-state index in [-0.39, 0.29) is 0 Å². The highest BCUT2D eigenvalue weighted by Gasteiger charge is 2.41. The maximum atomic E-state index is 5.78. The van der Waals surface area contributed by atoms with Crippen LogP contribution in [0, 0.1) is 0 Å². The lowest BCUT2D eigenvalue weighted by Crippen LogP contribution is -2.45. The minimum Gasteiger partial charge on any atom is -0.400 e.